The van der Waals surface area contributed by atoms with Crippen molar-refractivity contribution in [2.45, 2.75) is 32.7 Å². The molecule has 1 aromatic carbocycles. The molecule has 1 aromatic heterocycles. The molecule has 0 radical (unpaired) electrons. The quantitative estimate of drug-likeness (QED) is 0.871. The summed E-state index contributed by atoms with van der Waals surface area (Å²) in [5.41, 5.74) is 3.70. The van der Waals surface area contributed by atoms with Crippen LogP contribution >= 0.6 is 0 Å². The summed E-state index contributed by atoms with van der Waals surface area (Å²) in [4.78, 5) is 3.06. The molecule has 0 saturated carbocycles. The number of H-pyrrole nitrogens is 1. The lowest BCUT2D eigenvalue weighted by atomic mass is 9.87. The summed E-state index contributed by atoms with van der Waals surface area (Å²) in [7, 11) is 1.70. The largest absolute Gasteiger partial charge is 0.495 e. The Balaban J connectivity index is 2.21. The maximum Gasteiger partial charge on any atom is 0.141 e. The van der Waals surface area contributed by atoms with Crippen molar-refractivity contribution in [2.24, 2.45) is 0 Å². The Kier molecular flexibility index (Phi) is 3.84. The highest BCUT2D eigenvalue weighted by atomic mass is 16.5. The van der Waals surface area contributed by atoms with Crippen molar-refractivity contribution in [2.75, 3.05) is 12.4 Å². The van der Waals surface area contributed by atoms with Gasteiger partial charge in [-0.1, -0.05) is 26.8 Å². The number of nitrogens with one attached hydrogen (secondary N) is 2. The predicted molar refractivity (Wildman–Crippen MR) is 79.8 cm³/mol. The molecule has 0 aliphatic rings. The highest BCUT2D eigenvalue weighted by molar-refractivity contribution is 5.59. The van der Waals surface area contributed by atoms with E-state index in [-0.39, 0.29) is 5.41 Å². The molecule has 0 atom stereocenters. The fraction of sp³-hybridized carbons (Fsp3) is 0.375. The summed E-state index contributed by atoms with van der Waals surface area (Å²) in [6.45, 7) is 7.42. The number of anilines is 1. The fourth-order valence-electron chi connectivity index (χ4n) is 1.98. The summed E-state index contributed by atoms with van der Waals surface area (Å²) >= 11 is 0. The highest BCUT2D eigenvalue weighted by Crippen LogP contribution is 2.31. The topological polar surface area (TPSA) is 37.0 Å². The third kappa shape index (κ3) is 3.31. The van der Waals surface area contributed by atoms with E-state index in [1.54, 1.807) is 7.11 Å². The minimum Gasteiger partial charge on any atom is -0.495 e. The summed E-state index contributed by atoms with van der Waals surface area (Å²) in [5, 5.41) is 3.43. The van der Waals surface area contributed by atoms with Gasteiger partial charge in [-0.3, -0.25) is 0 Å². The second kappa shape index (κ2) is 5.39. The van der Waals surface area contributed by atoms with Crippen molar-refractivity contribution < 1.29 is 4.74 Å². The Morgan fingerprint density at radius 1 is 1.21 bits per heavy atom. The lowest BCUT2D eigenvalue weighted by Crippen LogP contribution is -2.12. The van der Waals surface area contributed by atoms with E-state index in [0.29, 0.717) is 0 Å². The van der Waals surface area contributed by atoms with Gasteiger partial charge in [0.05, 0.1) is 12.8 Å². The van der Waals surface area contributed by atoms with E-state index in [1.807, 2.05) is 18.5 Å². The van der Waals surface area contributed by atoms with Gasteiger partial charge >= 0.3 is 0 Å². The minimum atomic E-state index is 0.136. The van der Waals surface area contributed by atoms with Crippen LogP contribution in [0.4, 0.5) is 5.69 Å². The molecule has 0 aliphatic carbocycles. The van der Waals surface area contributed by atoms with Gasteiger partial charge in [0.2, 0.25) is 0 Å². The molecule has 0 aliphatic heterocycles. The summed E-state index contributed by atoms with van der Waals surface area (Å²) in [6.07, 6.45) is 3.92. The van der Waals surface area contributed by atoms with E-state index in [0.717, 1.165) is 18.0 Å². The van der Waals surface area contributed by atoms with Crippen molar-refractivity contribution in [3.8, 4) is 5.75 Å². The van der Waals surface area contributed by atoms with Crippen LogP contribution in [0.3, 0.4) is 0 Å². The van der Waals surface area contributed by atoms with Crippen LogP contribution in [0.25, 0.3) is 0 Å². The van der Waals surface area contributed by atoms with E-state index in [1.165, 1.54) is 11.1 Å². The molecule has 102 valence electrons. The van der Waals surface area contributed by atoms with Gasteiger partial charge in [-0.25, -0.2) is 0 Å². The molecule has 0 bridgehead atoms. The third-order valence-electron chi connectivity index (χ3n) is 3.21. The molecule has 0 fully saturated rings. The Labute approximate surface area is 115 Å². The molecule has 1 heterocycles. The second-order valence-electron chi connectivity index (χ2n) is 5.74. The average Bonchev–Trinajstić information content (AvgIpc) is 2.88. The monoisotopic (exact) mass is 258 g/mol. The average molecular weight is 258 g/mol. The first-order chi connectivity index (χ1) is 9.00. The van der Waals surface area contributed by atoms with Gasteiger partial charge in [0.15, 0.2) is 0 Å². The molecular formula is C16H22N2O. The van der Waals surface area contributed by atoms with Gasteiger partial charge in [0.25, 0.3) is 0 Å². The normalized spacial score (nSPS) is 11.4. The minimum absolute atomic E-state index is 0.136. The Hall–Kier alpha value is -1.90. The van der Waals surface area contributed by atoms with E-state index in [4.69, 9.17) is 4.74 Å². The fourth-order valence-corrected chi connectivity index (χ4v) is 1.98. The number of aromatic nitrogens is 1. The van der Waals surface area contributed by atoms with Crippen molar-refractivity contribution in [3.63, 3.8) is 0 Å². The molecule has 2 rings (SSSR count). The van der Waals surface area contributed by atoms with Crippen LogP contribution in [0, 0.1) is 0 Å². The Bertz CT molecular complexity index is 524. The highest BCUT2D eigenvalue weighted by Gasteiger charge is 2.15. The zero-order chi connectivity index (χ0) is 13.9. The van der Waals surface area contributed by atoms with Gasteiger partial charge in [0.1, 0.15) is 5.75 Å². The zero-order valence-electron chi connectivity index (χ0n) is 12.1. The van der Waals surface area contributed by atoms with Gasteiger partial charge < -0.3 is 15.0 Å². The molecule has 0 amide bonds. The Morgan fingerprint density at radius 3 is 2.58 bits per heavy atom. The van der Waals surface area contributed by atoms with Crippen molar-refractivity contribution in [3.05, 3.63) is 47.8 Å². The molecule has 0 spiro atoms. The SMILES string of the molecule is COc1ccc(C(C)(C)C)cc1NCc1cc[nH]c1. The third-order valence-corrected chi connectivity index (χ3v) is 3.21. The van der Waals surface area contributed by atoms with Crippen LogP contribution in [0.2, 0.25) is 0 Å². The lowest BCUT2D eigenvalue weighted by Gasteiger charge is -2.21. The molecule has 0 unspecified atom stereocenters. The van der Waals surface area contributed by atoms with Crippen LogP contribution in [-0.2, 0) is 12.0 Å². The smallest absolute Gasteiger partial charge is 0.141 e. The second-order valence-corrected chi connectivity index (χ2v) is 5.74. The number of hydrogen-bond donors (Lipinski definition) is 2. The van der Waals surface area contributed by atoms with Crippen LogP contribution in [0.5, 0.6) is 5.75 Å². The van der Waals surface area contributed by atoms with Crippen LogP contribution in [-0.4, -0.2) is 12.1 Å². The molecular weight excluding hydrogens is 236 g/mol. The van der Waals surface area contributed by atoms with Crippen LogP contribution in [0.1, 0.15) is 31.9 Å². The number of hydrogen-bond acceptors (Lipinski definition) is 2. The maximum atomic E-state index is 5.41. The van der Waals surface area contributed by atoms with Gasteiger partial charge in [0, 0.05) is 18.9 Å². The predicted octanol–water partition coefficient (Wildman–Crippen LogP) is 3.93. The number of ether oxygens (including phenoxy) is 1. The molecule has 0 saturated heterocycles. The molecule has 3 nitrogen and oxygen atoms in total. The first kappa shape index (κ1) is 13.5. The standard InChI is InChI=1S/C16H22N2O/c1-16(2,3)13-5-6-15(19-4)14(9-13)18-11-12-7-8-17-10-12/h5-10,17-18H,11H2,1-4H3. The lowest BCUT2D eigenvalue weighted by molar-refractivity contribution is 0.416. The summed E-state index contributed by atoms with van der Waals surface area (Å²) < 4.78 is 5.41. The number of benzene rings is 1. The van der Waals surface area contributed by atoms with E-state index in [2.05, 4.69) is 49.3 Å². The molecule has 3 heteroatoms. The first-order valence-corrected chi connectivity index (χ1v) is 6.55. The van der Waals surface area contributed by atoms with E-state index >= 15 is 0 Å². The summed E-state index contributed by atoms with van der Waals surface area (Å²) in [6, 6.07) is 8.39. The van der Waals surface area contributed by atoms with Crippen LogP contribution < -0.4 is 10.1 Å². The number of methoxy groups -OCH3 is 1. The van der Waals surface area contributed by atoms with Crippen molar-refractivity contribution >= 4 is 5.69 Å². The van der Waals surface area contributed by atoms with Gasteiger partial charge in [-0.15, -0.1) is 0 Å². The number of rotatable bonds is 4. The van der Waals surface area contributed by atoms with Crippen LogP contribution in [0.15, 0.2) is 36.7 Å². The van der Waals surface area contributed by atoms with Crippen molar-refractivity contribution in [1.29, 1.82) is 0 Å². The molecule has 2 N–H and O–H groups in total. The Morgan fingerprint density at radius 2 is 2.00 bits per heavy atom. The van der Waals surface area contributed by atoms with E-state index < -0.39 is 0 Å². The van der Waals surface area contributed by atoms with Crippen molar-refractivity contribution in [1.82, 2.24) is 4.98 Å². The van der Waals surface area contributed by atoms with Gasteiger partial charge in [-0.2, -0.15) is 0 Å². The molecule has 2 aromatic rings. The maximum absolute atomic E-state index is 5.41. The van der Waals surface area contributed by atoms with E-state index in [9.17, 15) is 0 Å². The first-order valence-electron chi connectivity index (χ1n) is 6.55. The molecule has 19 heavy (non-hydrogen) atoms. The zero-order valence-corrected chi connectivity index (χ0v) is 12.1. The van der Waals surface area contributed by atoms with Gasteiger partial charge in [-0.05, 0) is 34.7 Å². The summed E-state index contributed by atoms with van der Waals surface area (Å²) in [5.74, 6) is 0.878. The number of aromatic amines is 1.